The summed E-state index contributed by atoms with van der Waals surface area (Å²) in [6.45, 7) is 4.16. The average Bonchev–Trinajstić information content (AvgIpc) is 2.28. The Morgan fingerprint density at radius 3 is 2.12 bits per heavy atom. The van der Waals surface area contributed by atoms with Gasteiger partial charge in [0, 0.05) is 5.56 Å². The molecule has 1 aromatic carbocycles. The van der Waals surface area contributed by atoms with Gasteiger partial charge in [0.15, 0.2) is 6.29 Å². The number of hydrogen-bond donors (Lipinski definition) is 0. The second kappa shape index (κ2) is 4.85. The monoisotopic (exact) mass is 222 g/mol. The zero-order valence-electron chi connectivity index (χ0n) is 9.97. The van der Waals surface area contributed by atoms with Crippen molar-refractivity contribution in [2.24, 2.45) is 0 Å². The van der Waals surface area contributed by atoms with E-state index in [0.717, 1.165) is 17.7 Å². The first-order valence-electron chi connectivity index (χ1n) is 5.64. The lowest BCUT2D eigenvalue weighted by Crippen LogP contribution is -2.30. The molecule has 0 amide bonds. The molecule has 1 saturated heterocycles. The molecule has 0 aromatic heterocycles. The van der Waals surface area contributed by atoms with Crippen molar-refractivity contribution in [1.82, 2.24) is 0 Å². The van der Waals surface area contributed by atoms with Crippen LogP contribution in [0.15, 0.2) is 24.3 Å². The van der Waals surface area contributed by atoms with Gasteiger partial charge in [-0.3, -0.25) is 0 Å². The van der Waals surface area contributed by atoms with Crippen LogP contribution in [0.3, 0.4) is 0 Å². The minimum Gasteiger partial charge on any atom is -0.497 e. The predicted molar refractivity (Wildman–Crippen MR) is 61.4 cm³/mol. The molecule has 3 atom stereocenters. The van der Waals surface area contributed by atoms with Crippen molar-refractivity contribution < 1.29 is 14.2 Å². The fraction of sp³-hybridized carbons (Fsp3) is 0.538. The lowest BCUT2D eigenvalue weighted by atomic mass is 10.1. The van der Waals surface area contributed by atoms with Gasteiger partial charge in [0.25, 0.3) is 0 Å². The van der Waals surface area contributed by atoms with Crippen LogP contribution < -0.4 is 4.74 Å². The van der Waals surface area contributed by atoms with Gasteiger partial charge in [-0.05, 0) is 32.4 Å². The van der Waals surface area contributed by atoms with Gasteiger partial charge in [0.05, 0.1) is 19.3 Å². The number of ether oxygens (including phenoxy) is 3. The van der Waals surface area contributed by atoms with Crippen LogP contribution in [-0.2, 0) is 9.47 Å². The first kappa shape index (κ1) is 11.4. The van der Waals surface area contributed by atoms with Crippen molar-refractivity contribution in [3.63, 3.8) is 0 Å². The zero-order chi connectivity index (χ0) is 11.5. The molecule has 1 unspecified atom stereocenters. The Morgan fingerprint density at radius 2 is 1.62 bits per heavy atom. The molecule has 2 rings (SSSR count). The van der Waals surface area contributed by atoms with Crippen LogP contribution >= 0.6 is 0 Å². The van der Waals surface area contributed by atoms with Gasteiger partial charge in [-0.2, -0.15) is 0 Å². The minimum absolute atomic E-state index is 0.246. The summed E-state index contributed by atoms with van der Waals surface area (Å²) in [6, 6.07) is 7.81. The van der Waals surface area contributed by atoms with Crippen molar-refractivity contribution in [2.75, 3.05) is 7.11 Å². The normalized spacial score (nSPS) is 30.1. The Labute approximate surface area is 96.3 Å². The molecule has 0 saturated carbocycles. The van der Waals surface area contributed by atoms with Gasteiger partial charge in [0.1, 0.15) is 5.75 Å². The Morgan fingerprint density at radius 1 is 1.06 bits per heavy atom. The van der Waals surface area contributed by atoms with E-state index in [0.29, 0.717) is 0 Å². The predicted octanol–water partition coefficient (Wildman–Crippen LogP) is 2.91. The van der Waals surface area contributed by atoms with E-state index in [9.17, 15) is 0 Å². The van der Waals surface area contributed by atoms with E-state index >= 15 is 0 Å². The molecule has 0 aliphatic carbocycles. The molecule has 1 heterocycles. The molecule has 0 spiro atoms. The van der Waals surface area contributed by atoms with Gasteiger partial charge < -0.3 is 14.2 Å². The van der Waals surface area contributed by atoms with Crippen LogP contribution in [0.25, 0.3) is 0 Å². The quantitative estimate of drug-likeness (QED) is 0.770. The highest BCUT2D eigenvalue weighted by atomic mass is 16.7. The molecule has 0 radical (unpaired) electrons. The number of methoxy groups -OCH3 is 1. The summed E-state index contributed by atoms with van der Waals surface area (Å²) in [4.78, 5) is 0. The summed E-state index contributed by atoms with van der Waals surface area (Å²) in [7, 11) is 1.66. The van der Waals surface area contributed by atoms with Crippen LogP contribution in [0.4, 0.5) is 0 Å². The lowest BCUT2D eigenvalue weighted by molar-refractivity contribution is -0.239. The molecule has 88 valence electrons. The first-order chi connectivity index (χ1) is 7.69. The van der Waals surface area contributed by atoms with Gasteiger partial charge in [-0.25, -0.2) is 0 Å². The third-order valence-electron chi connectivity index (χ3n) is 2.76. The van der Waals surface area contributed by atoms with Crippen molar-refractivity contribution in [2.45, 2.75) is 38.8 Å². The molecule has 16 heavy (non-hydrogen) atoms. The standard InChI is InChI=1S/C13H18O3/c1-9-8-10(2)16-13(15-9)11-4-6-12(14-3)7-5-11/h4-7,9-10,13H,8H2,1-3H3/t9-,10+,13?. The van der Waals surface area contributed by atoms with Crippen molar-refractivity contribution in [3.8, 4) is 5.75 Å². The average molecular weight is 222 g/mol. The van der Waals surface area contributed by atoms with E-state index in [-0.39, 0.29) is 18.5 Å². The SMILES string of the molecule is COc1ccc(C2O[C@H](C)C[C@H](C)O2)cc1. The van der Waals surface area contributed by atoms with Crippen LogP contribution in [0, 0.1) is 0 Å². The van der Waals surface area contributed by atoms with Crippen LogP contribution in [0.1, 0.15) is 32.1 Å². The maximum absolute atomic E-state index is 5.75. The molecular weight excluding hydrogens is 204 g/mol. The Kier molecular flexibility index (Phi) is 3.46. The van der Waals surface area contributed by atoms with Crippen molar-refractivity contribution in [1.29, 1.82) is 0 Å². The second-order valence-electron chi connectivity index (χ2n) is 4.23. The highest BCUT2D eigenvalue weighted by Gasteiger charge is 2.25. The summed E-state index contributed by atoms with van der Waals surface area (Å²) in [5.74, 6) is 0.848. The third-order valence-corrected chi connectivity index (χ3v) is 2.76. The smallest absolute Gasteiger partial charge is 0.184 e. The molecule has 1 aliphatic rings. The van der Waals surface area contributed by atoms with Crippen molar-refractivity contribution >= 4 is 0 Å². The summed E-state index contributed by atoms with van der Waals surface area (Å²) >= 11 is 0. The molecule has 1 fully saturated rings. The topological polar surface area (TPSA) is 27.7 Å². The van der Waals surface area contributed by atoms with Crippen LogP contribution in [-0.4, -0.2) is 19.3 Å². The molecule has 1 aromatic rings. The second-order valence-corrected chi connectivity index (χ2v) is 4.23. The first-order valence-corrected chi connectivity index (χ1v) is 5.64. The summed E-state index contributed by atoms with van der Waals surface area (Å²) < 4.78 is 16.6. The van der Waals surface area contributed by atoms with E-state index in [4.69, 9.17) is 14.2 Å². The zero-order valence-corrected chi connectivity index (χ0v) is 9.97. The van der Waals surface area contributed by atoms with E-state index in [1.54, 1.807) is 7.11 Å². The van der Waals surface area contributed by atoms with E-state index in [1.165, 1.54) is 0 Å². The highest BCUT2D eigenvalue weighted by molar-refractivity contribution is 5.27. The molecule has 1 aliphatic heterocycles. The third kappa shape index (κ3) is 2.54. The molecule has 3 heteroatoms. The highest BCUT2D eigenvalue weighted by Crippen LogP contribution is 2.30. The Bertz CT molecular complexity index is 324. The largest absolute Gasteiger partial charge is 0.497 e. The van der Waals surface area contributed by atoms with Gasteiger partial charge in [-0.1, -0.05) is 12.1 Å². The molecule has 3 nitrogen and oxygen atoms in total. The summed E-state index contributed by atoms with van der Waals surface area (Å²) in [5.41, 5.74) is 1.04. The van der Waals surface area contributed by atoms with Crippen molar-refractivity contribution in [3.05, 3.63) is 29.8 Å². The van der Waals surface area contributed by atoms with E-state index < -0.39 is 0 Å². The number of rotatable bonds is 2. The minimum atomic E-state index is -0.246. The maximum Gasteiger partial charge on any atom is 0.184 e. The number of hydrogen-bond acceptors (Lipinski definition) is 3. The fourth-order valence-corrected chi connectivity index (χ4v) is 1.95. The molecule has 0 bridgehead atoms. The maximum atomic E-state index is 5.75. The lowest BCUT2D eigenvalue weighted by Gasteiger charge is -2.32. The van der Waals surface area contributed by atoms with Crippen LogP contribution in [0.2, 0.25) is 0 Å². The Hall–Kier alpha value is -1.06. The van der Waals surface area contributed by atoms with Crippen LogP contribution in [0.5, 0.6) is 5.75 Å². The molecule has 0 N–H and O–H groups in total. The molecular formula is C13H18O3. The summed E-state index contributed by atoms with van der Waals surface area (Å²) in [5, 5.41) is 0. The van der Waals surface area contributed by atoms with Gasteiger partial charge in [0.2, 0.25) is 0 Å². The fourth-order valence-electron chi connectivity index (χ4n) is 1.95. The van der Waals surface area contributed by atoms with Gasteiger partial charge >= 0.3 is 0 Å². The summed E-state index contributed by atoms with van der Waals surface area (Å²) in [6.07, 6.45) is 1.20. The number of benzene rings is 1. The van der Waals surface area contributed by atoms with E-state index in [2.05, 4.69) is 13.8 Å². The Balaban J connectivity index is 2.10. The van der Waals surface area contributed by atoms with E-state index in [1.807, 2.05) is 24.3 Å². The van der Waals surface area contributed by atoms with Gasteiger partial charge in [-0.15, -0.1) is 0 Å².